The summed E-state index contributed by atoms with van der Waals surface area (Å²) in [5.41, 5.74) is 1.33. The highest BCUT2D eigenvalue weighted by Crippen LogP contribution is 2.18. The molecule has 0 saturated carbocycles. The number of aliphatic hydroxyl groups excluding tert-OH is 1. The van der Waals surface area contributed by atoms with E-state index in [0.717, 1.165) is 5.56 Å². The Morgan fingerprint density at radius 2 is 1.73 bits per heavy atom. The first-order valence-electron chi connectivity index (χ1n) is 6.69. The van der Waals surface area contributed by atoms with Gasteiger partial charge >= 0.3 is 6.09 Å². The number of hydrogen-bond acceptors (Lipinski definition) is 3. The number of aliphatic hydroxyl groups is 1. The van der Waals surface area contributed by atoms with Crippen LogP contribution in [0.15, 0.2) is 48.5 Å². The van der Waals surface area contributed by atoms with Gasteiger partial charge in [0, 0.05) is 10.7 Å². The lowest BCUT2D eigenvalue weighted by Gasteiger charge is -2.19. The van der Waals surface area contributed by atoms with E-state index < -0.39 is 6.09 Å². The first kappa shape index (κ1) is 16.1. The van der Waals surface area contributed by atoms with Gasteiger partial charge in [-0.2, -0.15) is 0 Å². The summed E-state index contributed by atoms with van der Waals surface area (Å²) in [6.45, 7) is 0.385. The fraction of sp³-hybridized carbons (Fsp3) is 0.188. The summed E-state index contributed by atoms with van der Waals surface area (Å²) in [6.07, 6.45) is -1.05. The standard InChI is InChI=1S/C16H16ClNO4/c17-13-3-5-14(6-4-13)18(16(20)21)9-10-22-15-7-1-12(11-19)2-8-15/h1-8,19H,9-11H2,(H,20,21). The molecule has 116 valence electrons. The number of ether oxygens (including phenoxy) is 1. The second-order valence-corrected chi connectivity index (χ2v) is 5.00. The Morgan fingerprint density at radius 3 is 2.27 bits per heavy atom. The molecule has 22 heavy (non-hydrogen) atoms. The lowest BCUT2D eigenvalue weighted by Crippen LogP contribution is -2.33. The fourth-order valence-corrected chi connectivity index (χ4v) is 2.03. The number of nitrogens with zero attached hydrogens (tertiary/aromatic N) is 1. The van der Waals surface area contributed by atoms with E-state index in [9.17, 15) is 9.90 Å². The highest BCUT2D eigenvalue weighted by Gasteiger charge is 2.14. The van der Waals surface area contributed by atoms with Crippen LogP contribution in [0.3, 0.4) is 0 Å². The molecular weight excluding hydrogens is 306 g/mol. The van der Waals surface area contributed by atoms with Crippen LogP contribution in [-0.2, 0) is 6.61 Å². The Bertz CT molecular complexity index is 613. The summed E-state index contributed by atoms with van der Waals surface area (Å²) < 4.78 is 5.52. The monoisotopic (exact) mass is 321 g/mol. The summed E-state index contributed by atoms with van der Waals surface area (Å²) in [5.74, 6) is 0.624. The molecule has 2 rings (SSSR count). The summed E-state index contributed by atoms with van der Waals surface area (Å²) in [7, 11) is 0. The van der Waals surface area contributed by atoms with Gasteiger partial charge in [-0.15, -0.1) is 0 Å². The molecule has 0 aromatic heterocycles. The second-order valence-electron chi connectivity index (χ2n) is 4.56. The maximum atomic E-state index is 11.3. The first-order valence-corrected chi connectivity index (χ1v) is 7.06. The predicted octanol–water partition coefficient (Wildman–Crippen LogP) is 3.40. The van der Waals surface area contributed by atoms with E-state index in [0.29, 0.717) is 16.5 Å². The van der Waals surface area contributed by atoms with Gasteiger partial charge in [0.2, 0.25) is 0 Å². The van der Waals surface area contributed by atoms with Crippen molar-refractivity contribution < 1.29 is 19.7 Å². The predicted molar refractivity (Wildman–Crippen MR) is 84.7 cm³/mol. The molecule has 0 spiro atoms. The minimum atomic E-state index is -1.05. The summed E-state index contributed by atoms with van der Waals surface area (Å²) in [4.78, 5) is 12.5. The van der Waals surface area contributed by atoms with Gasteiger partial charge in [-0.25, -0.2) is 4.79 Å². The SMILES string of the molecule is O=C(O)N(CCOc1ccc(CO)cc1)c1ccc(Cl)cc1. The van der Waals surface area contributed by atoms with Gasteiger partial charge in [0.1, 0.15) is 12.4 Å². The van der Waals surface area contributed by atoms with Crippen LogP contribution >= 0.6 is 11.6 Å². The zero-order valence-electron chi connectivity index (χ0n) is 11.8. The van der Waals surface area contributed by atoms with Crippen molar-refractivity contribution >= 4 is 23.4 Å². The van der Waals surface area contributed by atoms with Crippen molar-refractivity contribution in [1.82, 2.24) is 0 Å². The molecule has 2 aromatic carbocycles. The summed E-state index contributed by atoms with van der Waals surface area (Å²) in [6, 6.07) is 13.5. The molecule has 0 heterocycles. The van der Waals surface area contributed by atoms with Crippen molar-refractivity contribution in [1.29, 1.82) is 0 Å². The van der Waals surface area contributed by atoms with Crippen molar-refractivity contribution in [3.63, 3.8) is 0 Å². The van der Waals surface area contributed by atoms with Crippen molar-refractivity contribution in [2.75, 3.05) is 18.1 Å². The van der Waals surface area contributed by atoms with E-state index in [2.05, 4.69) is 0 Å². The highest BCUT2D eigenvalue weighted by atomic mass is 35.5. The Kier molecular flexibility index (Phi) is 5.63. The molecule has 0 aliphatic carbocycles. The number of amides is 1. The summed E-state index contributed by atoms with van der Waals surface area (Å²) >= 11 is 5.80. The number of benzene rings is 2. The quantitative estimate of drug-likeness (QED) is 0.855. The van der Waals surface area contributed by atoms with Gasteiger partial charge < -0.3 is 14.9 Å². The lowest BCUT2D eigenvalue weighted by atomic mass is 10.2. The number of carbonyl (C=O) groups is 1. The Morgan fingerprint density at radius 1 is 1.09 bits per heavy atom. The summed E-state index contributed by atoms with van der Waals surface area (Å²) in [5, 5.41) is 18.8. The lowest BCUT2D eigenvalue weighted by molar-refractivity contribution is 0.199. The average Bonchev–Trinajstić information content (AvgIpc) is 2.53. The molecule has 5 nitrogen and oxygen atoms in total. The van der Waals surface area contributed by atoms with Crippen molar-refractivity contribution in [2.24, 2.45) is 0 Å². The smallest absolute Gasteiger partial charge is 0.411 e. The van der Waals surface area contributed by atoms with Gasteiger partial charge in [-0.05, 0) is 42.0 Å². The molecule has 0 saturated heterocycles. The topological polar surface area (TPSA) is 70.0 Å². The Balaban J connectivity index is 1.94. The maximum absolute atomic E-state index is 11.3. The van der Waals surface area contributed by atoms with Crippen molar-refractivity contribution in [3.8, 4) is 5.75 Å². The van der Waals surface area contributed by atoms with Crippen LogP contribution in [0, 0.1) is 0 Å². The number of anilines is 1. The van der Waals surface area contributed by atoms with Gasteiger partial charge in [-0.3, -0.25) is 4.90 Å². The third-order valence-corrected chi connectivity index (χ3v) is 3.31. The first-order chi connectivity index (χ1) is 10.6. The van der Waals surface area contributed by atoms with Gasteiger partial charge in [0.05, 0.1) is 13.2 Å². The van der Waals surface area contributed by atoms with Crippen LogP contribution in [0.2, 0.25) is 5.02 Å². The van der Waals surface area contributed by atoms with E-state index in [1.807, 2.05) is 0 Å². The van der Waals surface area contributed by atoms with E-state index in [-0.39, 0.29) is 19.8 Å². The third-order valence-electron chi connectivity index (χ3n) is 3.06. The highest BCUT2D eigenvalue weighted by molar-refractivity contribution is 6.30. The van der Waals surface area contributed by atoms with Crippen molar-refractivity contribution in [3.05, 3.63) is 59.1 Å². The Hall–Kier alpha value is -2.24. The van der Waals surface area contributed by atoms with Gasteiger partial charge in [0.25, 0.3) is 0 Å². The van der Waals surface area contributed by atoms with Crippen LogP contribution in [0.25, 0.3) is 0 Å². The average molecular weight is 322 g/mol. The molecule has 0 radical (unpaired) electrons. The van der Waals surface area contributed by atoms with Gasteiger partial charge in [0.15, 0.2) is 0 Å². The van der Waals surface area contributed by atoms with E-state index in [1.165, 1.54) is 4.90 Å². The second kappa shape index (κ2) is 7.68. The van der Waals surface area contributed by atoms with Gasteiger partial charge in [-0.1, -0.05) is 23.7 Å². The minimum absolute atomic E-state index is 0.0242. The molecule has 2 N–H and O–H groups in total. The van der Waals surface area contributed by atoms with Crippen molar-refractivity contribution in [2.45, 2.75) is 6.61 Å². The zero-order chi connectivity index (χ0) is 15.9. The molecule has 1 amide bonds. The molecule has 0 aliphatic heterocycles. The maximum Gasteiger partial charge on any atom is 0.411 e. The molecule has 0 bridgehead atoms. The van der Waals surface area contributed by atoms with Crippen LogP contribution in [-0.4, -0.2) is 29.5 Å². The van der Waals surface area contributed by atoms with Crippen LogP contribution < -0.4 is 9.64 Å². The number of rotatable bonds is 6. The fourth-order valence-electron chi connectivity index (χ4n) is 1.90. The van der Waals surface area contributed by atoms with E-state index >= 15 is 0 Å². The number of hydrogen-bond donors (Lipinski definition) is 2. The molecule has 0 unspecified atom stereocenters. The van der Waals surface area contributed by atoms with Crippen LogP contribution in [0.1, 0.15) is 5.56 Å². The number of carboxylic acid groups (broad SMARTS) is 1. The van der Waals surface area contributed by atoms with Crippen LogP contribution in [0.4, 0.5) is 10.5 Å². The molecular formula is C16H16ClNO4. The van der Waals surface area contributed by atoms with E-state index in [4.69, 9.17) is 21.4 Å². The normalized spacial score (nSPS) is 10.3. The molecule has 0 aliphatic rings. The Labute approximate surface area is 133 Å². The third kappa shape index (κ3) is 4.38. The molecule has 6 heteroatoms. The minimum Gasteiger partial charge on any atom is -0.492 e. The van der Waals surface area contributed by atoms with Crippen LogP contribution in [0.5, 0.6) is 5.75 Å². The van der Waals surface area contributed by atoms with E-state index in [1.54, 1.807) is 48.5 Å². The zero-order valence-corrected chi connectivity index (χ0v) is 12.5. The number of halogens is 1. The molecule has 0 fully saturated rings. The molecule has 0 atom stereocenters. The largest absolute Gasteiger partial charge is 0.492 e. The molecule has 2 aromatic rings.